The first kappa shape index (κ1) is 13.6. The number of benzene rings is 2. The van der Waals surface area contributed by atoms with E-state index in [9.17, 15) is 0 Å². The van der Waals surface area contributed by atoms with Gasteiger partial charge in [0.25, 0.3) is 0 Å². The van der Waals surface area contributed by atoms with Crippen LogP contribution in [-0.4, -0.2) is 4.98 Å². The summed E-state index contributed by atoms with van der Waals surface area (Å²) in [5, 5.41) is 7.19. The average Bonchev–Trinajstić information content (AvgIpc) is 2.95. The van der Waals surface area contributed by atoms with Crippen molar-refractivity contribution in [2.24, 2.45) is 0 Å². The summed E-state index contributed by atoms with van der Waals surface area (Å²) in [5.74, 6) is 0. The van der Waals surface area contributed by atoms with Gasteiger partial charge in [0.2, 0.25) is 0 Å². The molecule has 0 aliphatic heterocycles. The molecule has 0 amide bonds. The lowest BCUT2D eigenvalue weighted by molar-refractivity contribution is 1.09. The Kier molecular flexibility index (Phi) is 4.03. The highest BCUT2D eigenvalue weighted by atomic mass is 79.9. The molecule has 0 saturated heterocycles. The summed E-state index contributed by atoms with van der Waals surface area (Å²) >= 11 is 5.38. The normalized spacial score (nSPS) is 10.9. The van der Waals surface area contributed by atoms with Crippen molar-refractivity contribution in [1.29, 1.82) is 0 Å². The number of thiazole rings is 1. The van der Waals surface area contributed by atoms with Crippen LogP contribution in [0.5, 0.6) is 0 Å². The largest absolute Gasteiger partial charge is 0.380 e. The van der Waals surface area contributed by atoms with Gasteiger partial charge in [-0.25, -0.2) is 4.98 Å². The predicted molar refractivity (Wildman–Crippen MR) is 90.5 cm³/mol. The van der Waals surface area contributed by atoms with E-state index >= 15 is 0 Å². The molecule has 3 aromatic rings. The summed E-state index contributed by atoms with van der Waals surface area (Å²) in [6.07, 6.45) is 2.98. The van der Waals surface area contributed by atoms with Crippen LogP contribution in [0.2, 0.25) is 0 Å². The standard InChI is InChI=1S/C16H15BrN2S/c1-2-16-19-10-11(20-16)9-18-15-8-7-14(17)12-5-3-4-6-13(12)15/h3-8,10,18H,2,9H2,1H3. The highest BCUT2D eigenvalue weighted by Crippen LogP contribution is 2.30. The van der Waals surface area contributed by atoms with Gasteiger partial charge in [-0.2, -0.15) is 0 Å². The zero-order valence-electron chi connectivity index (χ0n) is 11.2. The molecule has 2 aromatic carbocycles. The van der Waals surface area contributed by atoms with Crippen LogP contribution < -0.4 is 5.32 Å². The van der Waals surface area contributed by atoms with Crippen molar-refractivity contribution in [1.82, 2.24) is 4.98 Å². The van der Waals surface area contributed by atoms with Gasteiger partial charge in [-0.05, 0) is 23.9 Å². The molecule has 0 bridgehead atoms. The highest BCUT2D eigenvalue weighted by Gasteiger charge is 2.05. The van der Waals surface area contributed by atoms with E-state index in [0.29, 0.717) is 0 Å². The van der Waals surface area contributed by atoms with Gasteiger partial charge < -0.3 is 5.32 Å². The van der Waals surface area contributed by atoms with Crippen LogP contribution in [0.15, 0.2) is 47.1 Å². The third-order valence-corrected chi connectivity index (χ3v) is 5.06. The van der Waals surface area contributed by atoms with Crippen molar-refractivity contribution >= 4 is 43.7 Å². The number of fused-ring (bicyclic) bond motifs is 1. The minimum Gasteiger partial charge on any atom is -0.380 e. The molecule has 0 saturated carbocycles. The number of anilines is 1. The molecule has 0 radical (unpaired) electrons. The van der Waals surface area contributed by atoms with Crippen molar-refractivity contribution in [3.8, 4) is 0 Å². The second kappa shape index (κ2) is 5.94. The van der Waals surface area contributed by atoms with Crippen molar-refractivity contribution in [3.05, 3.63) is 57.0 Å². The molecule has 102 valence electrons. The maximum atomic E-state index is 4.39. The number of halogens is 1. The topological polar surface area (TPSA) is 24.9 Å². The first-order chi connectivity index (χ1) is 9.78. The molecule has 0 atom stereocenters. The van der Waals surface area contributed by atoms with Crippen LogP contribution >= 0.6 is 27.3 Å². The summed E-state index contributed by atoms with van der Waals surface area (Å²) in [6.45, 7) is 2.96. The number of hydrogen-bond donors (Lipinski definition) is 1. The molecule has 1 heterocycles. The molecule has 2 nitrogen and oxygen atoms in total. The lowest BCUT2D eigenvalue weighted by Crippen LogP contribution is -1.98. The van der Waals surface area contributed by atoms with Gasteiger partial charge in [0.15, 0.2) is 0 Å². The minimum atomic E-state index is 0.823. The van der Waals surface area contributed by atoms with Crippen molar-refractivity contribution in [2.75, 3.05) is 5.32 Å². The quantitative estimate of drug-likeness (QED) is 0.699. The maximum Gasteiger partial charge on any atom is 0.0925 e. The Balaban J connectivity index is 1.86. The summed E-state index contributed by atoms with van der Waals surface area (Å²) in [5.41, 5.74) is 1.16. The first-order valence-corrected chi connectivity index (χ1v) is 8.23. The molecular formula is C16H15BrN2S. The van der Waals surface area contributed by atoms with Crippen LogP contribution in [0.1, 0.15) is 16.8 Å². The molecule has 0 unspecified atom stereocenters. The van der Waals surface area contributed by atoms with Gasteiger partial charge in [-0.15, -0.1) is 11.3 Å². The van der Waals surface area contributed by atoms with Crippen LogP contribution in [0.25, 0.3) is 10.8 Å². The van der Waals surface area contributed by atoms with Crippen LogP contribution in [0, 0.1) is 0 Å². The molecule has 0 spiro atoms. The average molecular weight is 347 g/mol. The number of hydrogen-bond acceptors (Lipinski definition) is 3. The molecule has 0 aliphatic carbocycles. The molecular weight excluding hydrogens is 332 g/mol. The Hall–Kier alpha value is -1.39. The van der Waals surface area contributed by atoms with E-state index in [-0.39, 0.29) is 0 Å². The molecule has 1 aromatic heterocycles. The third kappa shape index (κ3) is 2.72. The summed E-state index contributed by atoms with van der Waals surface area (Å²) in [4.78, 5) is 5.67. The summed E-state index contributed by atoms with van der Waals surface area (Å²) in [6, 6.07) is 12.6. The van der Waals surface area contributed by atoms with E-state index in [1.807, 2.05) is 6.20 Å². The van der Waals surface area contributed by atoms with Crippen molar-refractivity contribution in [2.45, 2.75) is 19.9 Å². The van der Waals surface area contributed by atoms with E-state index in [2.05, 4.69) is 69.6 Å². The number of aromatic nitrogens is 1. The number of nitrogens with zero attached hydrogens (tertiary/aromatic N) is 1. The van der Waals surface area contributed by atoms with Crippen molar-refractivity contribution < 1.29 is 0 Å². The van der Waals surface area contributed by atoms with Gasteiger partial charge in [-0.3, -0.25) is 0 Å². The van der Waals surface area contributed by atoms with Gasteiger partial charge in [0, 0.05) is 26.6 Å². The van der Waals surface area contributed by atoms with E-state index in [1.165, 1.54) is 20.7 Å². The number of aryl methyl sites for hydroxylation is 1. The Morgan fingerprint density at radius 2 is 1.95 bits per heavy atom. The first-order valence-electron chi connectivity index (χ1n) is 6.62. The Labute approximate surface area is 131 Å². The Morgan fingerprint density at radius 3 is 2.70 bits per heavy atom. The van der Waals surface area contributed by atoms with Gasteiger partial charge in [-0.1, -0.05) is 47.1 Å². The molecule has 1 N–H and O–H groups in total. The zero-order chi connectivity index (χ0) is 13.9. The van der Waals surface area contributed by atoms with E-state index in [1.54, 1.807) is 11.3 Å². The number of nitrogens with one attached hydrogen (secondary N) is 1. The summed E-state index contributed by atoms with van der Waals surface area (Å²) < 4.78 is 1.13. The monoisotopic (exact) mass is 346 g/mol. The predicted octanol–water partition coefficient (Wildman–Crippen LogP) is 5.23. The Bertz CT molecular complexity index is 736. The number of rotatable bonds is 4. The smallest absolute Gasteiger partial charge is 0.0925 e. The van der Waals surface area contributed by atoms with E-state index < -0.39 is 0 Å². The fourth-order valence-electron chi connectivity index (χ4n) is 2.19. The third-order valence-electron chi connectivity index (χ3n) is 3.23. The lowest BCUT2D eigenvalue weighted by Gasteiger charge is -2.10. The molecule has 0 fully saturated rings. The minimum absolute atomic E-state index is 0.823. The van der Waals surface area contributed by atoms with Crippen LogP contribution in [-0.2, 0) is 13.0 Å². The van der Waals surface area contributed by atoms with Gasteiger partial charge in [0.1, 0.15) is 0 Å². The second-order valence-electron chi connectivity index (χ2n) is 4.57. The fourth-order valence-corrected chi connectivity index (χ4v) is 3.47. The van der Waals surface area contributed by atoms with Gasteiger partial charge >= 0.3 is 0 Å². The summed E-state index contributed by atoms with van der Waals surface area (Å²) in [7, 11) is 0. The van der Waals surface area contributed by atoms with Crippen LogP contribution in [0.3, 0.4) is 0 Å². The highest BCUT2D eigenvalue weighted by molar-refractivity contribution is 9.10. The van der Waals surface area contributed by atoms with Gasteiger partial charge in [0.05, 0.1) is 11.6 Å². The van der Waals surface area contributed by atoms with E-state index in [0.717, 1.165) is 23.1 Å². The molecule has 3 rings (SSSR count). The maximum absolute atomic E-state index is 4.39. The SMILES string of the molecule is CCc1ncc(CNc2ccc(Br)c3ccccc23)s1. The lowest BCUT2D eigenvalue weighted by atomic mass is 10.1. The Morgan fingerprint density at radius 1 is 1.15 bits per heavy atom. The molecule has 4 heteroatoms. The van der Waals surface area contributed by atoms with E-state index in [4.69, 9.17) is 0 Å². The zero-order valence-corrected chi connectivity index (χ0v) is 13.6. The molecule has 20 heavy (non-hydrogen) atoms. The second-order valence-corrected chi connectivity index (χ2v) is 6.62. The molecule has 0 aliphatic rings. The fraction of sp³-hybridized carbons (Fsp3) is 0.188. The van der Waals surface area contributed by atoms with Crippen LogP contribution in [0.4, 0.5) is 5.69 Å². The van der Waals surface area contributed by atoms with Crippen molar-refractivity contribution in [3.63, 3.8) is 0 Å².